The van der Waals surface area contributed by atoms with Gasteiger partial charge in [0.15, 0.2) is 0 Å². The molecule has 0 aromatic carbocycles. The highest BCUT2D eigenvalue weighted by atomic mass is 35.5. The molecule has 1 aromatic rings. The van der Waals surface area contributed by atoms with Crippen molar-refractivity contribution in [1.82, 2.24) is 19.6 Å². The molecule has 6 heteroatoms. The SMILES string of the molecule is CCN1CCC[C@@H]1CN(Cc1nn(C)cc1Cl)C(=O)CC1CCCCC1. The fourth-order valence-corrected chi connectivity index (χ4v) is 4.83. The molecule has 0 radical (unpaired) electrons. The molecule has 0 N–H and O–H groups in total. The summed E-state index contributed by atoms with van der Waals surface area (Å²) in [5.41, 5.74) is 0.812. The summed E-state index contributed by atoms with van der Waals surface area (Å²) in [6, 6.07) is 0.470. The zero-order valence-electron chi connectivity index (χ0n) is 16.3. The van der Waals surface area contributed by atoms with Gasteiger partial charge in [0.1, 0.15) is 5.69 Å². The normalized spacial score (nSPS) is 22.0. The lowest BCUT2D eigenvalue weighted by molar-refractivity contribution is -0.133. The molecule has 3 rings (SSSR count). The summed E-state index contributed by atoms with van der Waals surface area (Å²) in [7, 11) is 1.87. The molecule has 1 saturated heterocycles. The number of likely N-dealkylation sites (N-methyl/N-ethyl adjacent to an activating group) is 1. The van der Waals surface area contributed by atoms with Crippen LogP contribution in [0.4, 0.5) is 0 Å². The number of rotatable bonds is 7. The first-order chi connectivity index (χ1) is 12.6. The molecule has 1 aromatic heterocycles. The maximum absolute atomic E-state index is 13.1. The van der Waals surface area contributed by atoms with Crippen LogP contribution in [0, 0.1) is 5.92 Å². The number of hydrogen-bond donors (Lipinski definition) is 0. The molecule has 2 fully saturated rings. The number of aryl methyl sites for hydroxylation is 1. The van der Waals surface area contributed by atoms with Gasteiger partial charge < -0.3 is 4.90 Å². The minimum absolute atomic E-state index is 0.279. The first kappa shape index (κ1) is 19.7. The van der Waals surface area contributed by atoms with Crippen LogP contribution in [0.25, 0.3) is 0 Å². The zero-order chi connectivity index (χ0) is 18.5. The number of nitrogens with zero attached hydrogens (tertiary/aromatic N) is 4. The van der Waals surface area contributed by atoms with E-state index in [4.69, 9.17) is 11.6 Å². The van der Waals surface area contributed by atoms with E-state index in [0.29, 0.717) is 29.9 Å². The summed E-state index contributed by atoms with van der Waals surface area (Å²) < 4.78 is 1.73. The zero-order valence-corrected chi connectivity index (χ0v) is 17.0. The van der Waals surface area contributed by atoms with Crippen molar-refractivity contribution >= 4 is 17.5 Å². The minimum Gasteiger partial charge on any atom is -0.335 e. The fourth-order valence-electron chi connectivity index (χ4n) is 4.59. The average Bonchev–Trinajstić information content (AvgIpc) is 3.20. The number of carbonyl (C=O) groups is 1. The molecule has 2 aliphatic rings. The van der Waals surface area contributed by atoms with Crippen LogP contribution in [-0.4, -0.2) is 51.2 Å². The van der Waals surface area contributed by atoms with E-state index in [0.717, 1.165) is 25.3 Å². The van der Waals surface area contributed by atoms with Crippen LogP contribution in [0.2, 0.25) is 5.02 Å². The van der Waals surface area contributed by atoms with Gasteiger partial charge in [-0.2, -0.15) is 5.10 Å². The molecule has 0 bridgehead atoms. The Kier molecular flexibility index (Phi) is 6.98. The standard InChI is InChI=1S/C20H33ClN4O/c1-3-24-11-7-10-17(24)13-25(15-19-18(21)14-23(2)22-19)20(26)12-16-8-5-4-6-9-16/h14,16-17H,3-13,15H2,1-2H3/t17-/m1/s1. The van der Waals surface area contributed by atoms with Gasteiger partial charge in [-0.25, -0.2) is 0 Å². The van der Waals surface area contributed by atoms with Crippen LogP contribution in [0.15, 0.2) is 6.20 Å². The molecule has 1 amide bonds. The Morgan fingerprint density at radius 3 is 2.69 bits per heavy atom. The first-order valence-corrected chi connectivity index (χ1v) is 10.6. The van der Waals surface area contributed by atoms with E-state index in [1.807, 2.05) is 18.1 Å². The molecule has 146 valence electrons. The minimum atomic E-state index is 0.279. The molecular weight excluding hydrogens is 348 g/mol. The van der Waals surface area contributed by atoms with Gasteiger partial charge in [-0.1, -0.05) is 37.8 Å². The van der Waals surface area contributed by atoms with Crippen LogP contribution in [0.1, 0.15) is 64.0 Å². The Labute approximate surface area is 162 Å². The highest BCUT2D eigenvalue weighted by Gasteiger charge is 2.29. The van der Waals surface area contributed by atoms with E-state index in [9.17, 15) is 4.79 Å². The van der Waals surface area contributed by atoms with Crippen LogP contribution in [0.5, 0.6) is 0 Å². The van der Waals surface area contributed by atoms with Crippen molar-refractivity contribution in [2.24, 2.45) is 13.0 Å². The Bertz CT molecular complexity index is 597. The van der Waals surface area contributed by atoms with Gasteiger partial charge in [0.2, 0.25) is 5.91 Å². The molecular formula is C20H33ClN4O. The van der Waals surface area contributed by atoms with E-state index >= 15 is 0 Å². The number of hydrogen-bond acceptors (Lipinski definition) is 3. The van der Waals surface area contributed by atoms with Gasteiger partial charge in [-0.15, -0.1) is 0 Å². The monoisotopic (exact) mass is 380 g/mol. The molecule has 0 unspecified atom stereocenters. The smallest absolute Gasteiger partial charge is 0.223 e. The van der Waals surface area contributed by atoms with Gasteiger partial charge >= 0.3 is 0 Å². The highest BCUT2D eigenvalue weighted by molar-refractivity contribution is 6.31. The summed E-state index contributed by atoms with van der Waals surface area (Å²) in [5, 5.41) is 5.12. The first-order valence-electron chi connectivity index (χ1n) is 10.3. The second-order valence-electron chi connectivity index (χ2n) is 8.00. The van der Waals surface area contributed by atoms with Crippen molar-refractivity contribution < 1.29 is 4.79 Å². The summed E-state index contributed by atoms with van der Waals surface area (Å²) in [6.45, 7) is 5.74. The molecule has 2 heterocycles. The summed E-state index contributed by atoms with van der Waals surface area (Å²) in [6.07, 6.45) is 11.2. The van der Waals surface area contributed by atoms with Crippen LogP contribution < -0.4 is 0 Å². The lowest BCUT2D eigenvalue weighted by Gasteiger charge is -2.31. The van der Waals surface area contributed by atoms with Crippen LogP contribution in [-0.2, 0) is 18.4 Å². The quantitative estimate of drug-likeness (QED) is 0.721. The van der Waals surface area contributed by atoms with Gasteiger partial charge in [-0.05, 0) is 44.7 Å². The van der Waals surface area contributed by atoms with Crippen molar-refractivity contribution in [2.75, 3.05) is 19.6 Å². The summed E-state index contributed by atoms with van der Waals surface area (Å²) >= 11 is 6.33. The molecule has 1 aliphatic heterocycles. The van der Waals surface area contributed by atoms with E-state index in [1.54, 1.807) is 4.68 Å². The predicted octanol–water partition coefficient (Wildman–Crippen LogP) is 3.86. The largest absolute Gasteiger partial charge is 0.335 e. The Morgan fingerprint density at radius 2 is 2.04 bits per heavy atom. The van der Waals surface area contributed by atoms with E-state index in [-0.39, 0.29) is 5.91 Å². The van der Waals surface area contributed by atoms with E-state index in [2.05, 4.69) is 16.9 Å². The third kappa shape index (κ3) is 5.01. The van der Waals surface area contributed by atoms with Gasteiger partial charge in [0.05, 0.1) is 11.6 Å². The highest BCUT2D eigenvalue weighted by Crippen LogP contribution is 2.28. The third-order valence-corrected chi connectivity index (χ3v) is 6.39. The number of amides is 1. The second kappa shape index (κ2) is 9.23. The van der Waals surface area contributed by atoms with Crippen molar-refractivity contribution in [1.29, 1.82) is 0 Å². The van der Waals surface area contributed by atoms with Gasteiger partial charge in [0.25, 0.3) is 0 Å². The van der Waals surface area contributed by atoms with Crippen LogP contribution in [0.3, 0.4) is 0 Å². The van der Waals surface area contributed by atoms with Crippen molar-refractivity contribution in [3.05, 3.63) is 16.9 Å². The van der Waals surface area contributed by atoms with Crippen LogP contribution >= 0.6 is 11.6 Å². The Hall–Kier alpha value is -1.07. The second-order valence-corrected chi connectivity index (χ2v) is 8.41. The fraction of sp³-hybridized carbons (Fsp3) is 0.800. The molecule has 0 spiro atoms. The Morgan fingerprint density at radius 1 is 1.27 bits per heavy atom. The van der Waals surface area contributed by atoms with E-state index in [1.165, 1.54) is 44.9 Å². The average molecular weight is 381 g/mol. The third-order valence-electron chi connectivity index (χ3n) is 6.07. The summed E-state index contributed by atoms with van der Waals surface area (Å²) in [4.78, 5) is 17.7. The molecule has 1 saturated carbocycles. The number of carbonyl (C=O) groups excluding carboxylic acids is 1. The predicted molar refractivity (Wildman–Crippen MR) is 105 cm³/mol. The number of aromatic nitrogens is 2. The topological polar surface area (TPSA) is 41.4 Å². The van der Waals surface area contributed by atoms with Crippen molar-refractivity contribution in [3.8, 4) is 0 Å². The Balaban J connectivity index is 1.69. The molecule has 5 nitrogen and oxygen atoms in total. The lowest BCUT2D eigenvalue weighted by atomic mass is 9.86. The van der Waals surface area contributed by atoms with Crippen molar-refractivity contribution in [2.45, 2.75) is 70.9 Å². The molecule has 1 atom stereocenters. The maximum Gasteiger partial charge on any atom is 0.223 e. The maximum atomic E-state index is 13.1. The number of likely N-dealkylation sites (tertiary alicyclic amines) is 1. The molecule has 1 aliphatic carbocycles. The molecule has 26 heavy (non-hydrogen) atoms. The van der Waals surface area contributed by atoms with E-state index < -0.39 is 0 Å². The van der Waals surface area contributed by atoms with Gasteiger partial charge in [-0.3, -0.25) is 14.4 Å². The van der Waals surface area contributed by atoms with Crippen molar-refractivity contribution in [3.63, 3.8) is 0 Å². The lowest BCUT2D eigenvalue weighted by Crippen LogP contribution is -2.43. The number of halogens is 1. The van der Waals surface area contributed by atoms with Gasteiger partial charge in [0, 0.05) is 32.3 Å². The summed E-state index contributed by atoms with van der Waals surface area (Å²) in [5.74, 6) is 0.838.